The van der Waals surface area contributed by atoms with Gasteiger partial charge in [0.05, 0.1) is 22.8 Å². The highest BCUT2D eigenvalue weighted by molar-refractivity contribution is 5.95. The van der Waals surface area contributed by atoms with Gasteiger partial charge in [-0.2, -0.15) is 0 Å². The van der Waals surface area contributed by atoms with E-state index in [1.54, 1.807) is 17.0 Å². The number of pyridine rings is 1. The molecule has 4 heterocycles. The highest BCUT2D eigenvalue weighted by atomic mass is 16.4. The van der Waals surface area contributed by atoms with Crippen molar-refractivity contribution in [1.29, 1.82) is 0 Å². The van der Waals surface area contributed by atoms with E-state index in [4.69, 9.17) is 0 Å². The first-order chi connectivity index (χ1) is 25.7. The minimum atomic E-state index is -0.921. The Labute approximate surface area is 307 Å². The second kappa shape index (κ2) is 15.6. The Morgan fingerprint density at radius 3 is 2.32 bits per heavy atom. The van der Waals surface area contributed by atoms with E-state index in [-0.39, 0.29) is 23.8 Å². The molecule has 5 aromatic rings. The molecule has 3 saturated heterocycles. The molecule has 53 heavy (non-hydrogen) atoms. The van der Waals surface area contributed by atoms with Gasteiger partial charge in [-0.15, -0.1) is 0 Å². The van der Waals surface area contributed by atoms with Crippen LogP contribution in [0.25, 0.3) is 22.0 Å². The van der Waals surface area contributed by atoms with E-state index in [1.165, 1.54) is 12.1 Å². The number of rotatable bonds is 13. The van der Waals surface area contributed by atoms with E-state index in [9.17, 15) is 29.7 Å². The van der Waals surface area contributed by atoms with Gasteiger partial charge in [0, 0.05) is 61.8 Å². The van der Waals surface area contributed by atoms with Crippen LogP contribution in [0.4, 0.5) is 16.2 Å². The highest BCUT2D eigenvalue weighted by Gasteiger charge is 2.47. The Hall–Kier alpha value is -5.49. The zero-order valence-corrected chi connectivity index (χ0v) is 29.6. The van der Waals surface area contributed by atoms with Crippen LogP contribution in [0.3, 0.4) is 0 Å². The number of aromatic amines is 1. The maximum Gasteiger partial charge on any atom is 0.412 e. The van der Waals surface area contributed by atoms with Crippen LogP contribution < -0.4 is 21.1 Å². The number of benzene rings is 4. The van der Waals surface area contributed by atoms with Gasteiger partial charge >= 0.3 is 6.09 Å². The number of nitrogens with zero attached hydrogens (tertiary/aromatic N) is 2. The van der Waals surface area contributed by atoms with Gasteiger partial charge < -0.3 is 35.8 Å². The Bertz CT molecular complexity index is 2130. The van der Waals surface area contributed by atoms with E-state index >= 15 is 0 Å². The number of aromatic hydroxyl groups is 1. The van der Waals surface area contributed by atoms with Crippen molar-refractivity contribution in [2.24, 2.45) is 0 Å². The second-order valence-corrected chi connectivity index (χ2v) is 14.2. The van der Waals surface area contributed by atoms with Crippen LogP contribution in [0.1, 0.15) is 54.9 Å². The fraction of sp³-hybridized carbons (Fsp3) is 0.310. The first-order valence-electron chi connectivity index (χ1n) is 18.3. The predicted octanol–water partition coefficient (Wildman–Crippen LogP) is 6.41. The van der Waals surface area contributed by atoms with Crippen molar-refractivity contribution in [2.75, 3.05) is 36.4 Å². The number of piperidine rings is 3. The molecule has 6 N–H and O–H groups in total. The highest BCUT2D eigenvalue weighted by Crippen LogP contribution is 2.44. The summed E-state index contributed by atoms with van der Waals surface area (Å²) in [7, 11) is 0. The molecule has 0 aliphatic carbocycles. The van der Waals surface area contributed by atoms with E-state index in [1.807, 2.05) is 72.8 Å². The zero-order valence-electron chi connectivity index (χ0n) is 29.6. The molecule has 0 radical (unpaired) electrons. The summed E-state index contributed by atoms with van der Waals surface area (Å²) < 4.78 is 0. The number of carbonyl (C=O) groups excluding carboxylic acids is 1. The molecule has 274 valence electrons. The molecule has 1 atom stereocenters. The van der Waals surface area contributed by atoms with Gasteiger partial charge in [-0.1, -0.05) is 60.7 Å². The fourth-order valence-electron chi connectivity index (χ4n) is 7.88. The number of carbonyl (C=O) groups is 2. The average molecular weight is 716 g/mol. The van der Waals surface area contributed by atoms with Crippen molar-refractivity contribution in [3.8, 4) is 16.9 Å². The molecule has 11 nitrogen and oxygen atoms in total. The summed E-state index contributed by atoms with van der Waals surface area (Å²) in [6.07, 6.45) is 2.25. The minimum Gasteiger partial charge on any atom is -0.506 e. The number of phenolic OH excluding ortho intramolecular Hbond substituents is 1. The van der Waals surface area contributed by atoms with Crippen LogP contribution in [0.5, 0.6) is 5.75 Å². The van der Waals surface area contributed by atoms with Gasteiger partial charge in [0.1, 0.15) is 5.75 Å². The normalized spacial score (nSPS) is 18.5. The molecule has 0 spiro atoms. The summed E-state index contributed by atoms with van der Waals surface area (Å²) in [5.41, 5.74) is 5.39. The van der Waals surface area contributed by atoms with E-state index in [2.05, 4.69) is 20.5 Å². The molecule has 3 aliphatic heterocycles. The van der Waals surface area contributed by atoms with Crippen molar-refractivity contribution in [2.45, 2.75) is 56.7 Å². The number of amides is 2. The number of fused-ring (bicyclic) bond motifs is 4. The lowest BCUT2D eigenvalue weighted by molar-refractivity contribution is -0.116. The SMILES string of the molecule is O=C(CCCc1ccc(-c2ccccc2)c(N(C(=O)O)C23CCN(CC2)CC3)c1)Nc1ccc(CNC[C@@H](O)c2ccc(O)c3[nH]c(=O)ccc23)cc1. The lowest BCUT2D eigenvalue weighted by Gasteiger charge is -2.53. The summed E-state index contributed by atoms with van der Waals surface area (Å²) in [6.45, 7) is 3.47. The number of nitrogens with one attached hydrogen (secondary N) is 3. The number of anilines is 2. The number of hydrogen-bond acceptors (Lipinski definition) is 7. The van der Waals surface area contributed by atoms with Gasteiger partial charge in [0.25, 0.3) is 0 Å². The molecular formula is C42H45N5O6. The number of aromatic nitrogens is 1. The van der Waals surface area contributed by atoms with Crippen molar-refractivity contribution in [3.63, 3.8) is 0 Å². The lowest BCUT2D eigenvalue weighted by Crippen LogP contribution is -2.62. The smallest absolute Gasteiger partial charge is 0.412 e. The maximum atomic E-state index is 13.0. The molecular weight excluding hydrogens is 670 g/mol. The number of aliphatic hydroxyl groups excluding tert-OH is 1. The molecule has 2 amide bonds. The molecule has 0 saturated carbocycles. The number of H-pyrrole nitrogens is 1. The molecule has 3 fully saturated rings. The van der Waals surface area contributed by atoms with Crippen LogP contribution in [0.2, 0.25) is 0 Å². The van der Waals surface area contributed by atoms with Crippen molar-refractivity contribution in [3.05, 3.63) is 124 Å². The number of aryl methyl sites for hydroxylation is 1. The van der Waals surface area contributed by atoms with Gasteiger partial charge in [-0.05, 0) is 84.7 Å². The van der Waals surface area contributed by atoms with Crippen LogP contribution in [0.15, 0.2) is 102 Å². The van der Waals surface area contributed by atoms with E-state index in [0.29, 0.717) is 48.0 Å². The van der Waals surface area contributed by atoms with Crippen molar-refractivity contribution in [1.82, 2.24) is 15.2 Å². The van der Waals surface area contributed by atoms with Gasteiger partial charge in [-0.3, -0.25) is 14.5 Å². The summed E-state index contributed by atoms with van der Waals surface area (Å²) in [5, 5.41) is 38.4. The quantitative estimate of drug-likeness (QED) is 0.0817. The predicted molar refractivity (Wildman–Crippen MR) is 206 cm³/mol. The lowest BCUT2D eigenvalue weighted by atomic mass is 9.78. The molecule has 3 aliphatic rings. The van der Waals surface area contributed by atoms with E-state index < -0.39 is 17.7 Å². The zero-order chi connectivity index (χ0) is 37.0. The van der Waals surface area contributed by atoms with Crippen LogP contribution in [-0.4, -0.2) is 68.9 Å². The summed E-state index contributed by atoms with van der Waals surface area (Å²) in [5.74, 6) is -0.150. The Balaban J connectivity index is 0.939. The fourth-order valence-corrected chi connectivity index (χ4v) is 7.88. The van der Waals surface area contributed by atoms with Crippen molar-refractivity contribution < 1.29 is 24.9 Å². The second-order valence-electron chi connectivity index (χ2n) is 14.2. The largest absolute Gasteiger partial charge is 0.506 e. The number of hydrogen-bond donors (Lipinski definition) is 6. The Morgan fingerprint density at radius 2 is 1.60 bits per heavy atom. The Kier molecular flexibility index (Phi) is 10.6. The van der Waals surface area contributed by atoms with Gasteiger partial charge in [0.2, 0.25) is 11.5 Å². The third kappa shape index (κ3) is 7.97. The monoisotopic (exact) mass is 715 g/mol. The Morgan fingerprint density at radius 1 is 0.887 bits per heavy atom. The number of aliphatic hydroxyl groups is 1. The third-order valence-corrected chi connectivity index (χ3v) is 10.8. The minimum absolute atomic E-state index is 0.0553. The molecule has 0 unspecified atom stereocenters. The molecule has 2 bridgehead atoms. The molecule has 1 aromatic heterocycles. The summed E-state index contributed by atoms with van der Waals surface area (Å²) in [4.78, 5) is 44.3. The van der Waals surface area contributed by atoms with E-state index in [0.717, 1.165) is 66.8 Å². The average Bonchev–Trinajstić information content (AvgIpc) is 3.17. The first kappa shape index (κ1) is 35.9. The maximum absolute atomic E-state index is 13.0. The van der Waals surface area contributed by atoms with Crippen LogP contribution in [-0.2, 0) is 17.8 Å². The van der Waals surface area contributed by atoms with Gasteiger partial charge in [0.15, 0.2) is 0 Å². The molecule has 8 rings (SSSR count). The summed E-state index contributed by atoms with van der Waals surface area (Å²) >= 11 is 0. The summed E-state index contributed by atoms with van der Waals surface area (Å²) in [6, 6.07) is 29.6. The van der Waals surface area contributed by atoms with Crippen LogP contribution >= 0.6 is 0 Å². The topological polar surface area (TPSA) is 158 Å². The standard InChI is InChI=1S/C42H45N5O6/c48-36-17-15-33(34-16-18-39(51)45-40(34)36)37(49)27-43-26-29-9-12-31(13-10-29)44-38(50)8-4-5-28-11-14-32(30-6-2-1-3-7-30)35(25-28)47(41(52)53)42-19-22-46(23-20-42)24-21-42/h1-3,6-7,9-18,25,37,43,48-49H,4-5,8,19-24,26-27H2,(H,44,50)(H,45,51)(H,52,53)/t37-/m1/s1. The van der Waals surface area contributed by atoms with Crippen molar-refractivity contribution >= 4 is 34.3 Å². The molecule has 11 heteroatoms. The number of phenols is 1. The first-order valence-corrected chi connectivity index (χ1v) is 18.3. The number of carboxylic acid groups (broad SMARTS) is 1. The van der Waals surface area contributed by atoms with Gasteiger partial charge in [-0.25, -0.2) is 4.79 Å². The molecule has 4 aromatic carbocycles. The van der Waals surface area contributed by atoms with Crippen LogP contribution in [0, 0.1) is 0 Å². The third-order valence-electron chi connectivity index (χ3n) is 10.8.